The first kappa shape index (κ1) is 23.6. The Morgan fingerprint density at radius 1 is 1.12 bits per heavy atom. The molecule has 1 saturated heterocycles. The molecular formula is C23H29N3O5S. The van der Waals surface area contributed by atoms with Crippen LogP contribution in [-0.4, -0.2) is 39.1 Å². The average Bonchev–Trinajstić information content (AvgIpc) is 3.13. The monoisotopic (exact) mass is 459 g/mol. The molecule has 1 heterocycles. The summed E-state index contributed by atoms with van der Waals surface area (Å²) in [5, 5.41) is 2.86. The second-order valence-corrected chi connectivity index (χ2v) is 9.54. The Hall–Kier alpha value is -3.07. The van der Waals surface area contributed by atoms with E-state index < -0.39 is 15.9 Å². The van der Waals surface area contributed by atoms with Gasteiger partial charge in [0.2, 0.25) is 21.8 Å². The van der Waals surface area contributed by atoms with E-state index >= 15 is 0 Å². The second-order valence-electron chi connectivity index (χ2n) is 7.69. The normalized spacial score (nSPS) is 16.2. The molecule has 1 aliphatic heterocycles. The van der Waals surface area contributed by atoms with Gasteiger partial charge in [0.15, 0.2) is 0 Å². The van der Waals surface area contributed by atoms with Crippen LogP contribution in [0.2, 0.25) is 0 Å². The topological polar surface area (TPSA) is 105 Å². The van der Waals surface area contributed by atoms with E-state index in [0.29, 0.717) is 41.4 Å². The number of amides is 2. The van der Waals surface area contributed by atoms with Crippen molar-refractivity contribution < 1.29 is 22.7 Å². The molecule has 0 bridgehead atoms. The summed E-state index contributed by atoms with van der Waals surface area (Å²) < 4.78 is 32.4. The van der Waals surface area contributed by atoms with E-state index in [4.69, 9.17) is 4.74 Å². The van der Waals surface area contributed by atoms with Crippen LogP contribution in [0.15, 0.2) is 42.5 Å². The van der Waals surface area contributed by atoms with Crippen LogP contribution < -0.4 is 19.7 Å². The third kappa shape index (κ3) is 5.40. The van der Waals surface area contributed by atoms with Gasteiger partial charge in [-0.05, 0) is 50.1 Å². The number of carbonyl (C=O) groups is 2. The molecule has 2 aromatic carbocycles. The fraction of sp³-hybridized carbons (Fsp3) is 0.391. The molecule has 0 aromatic heterocycles. The van der Waals surface area contributed by atoms with Crippen LogP contribution in [0.3, 0.4) is 0 Å². The van der Waals surface area contributed by atoms with Gasteiger partial charge in [-0.15, -0.1) is 0 Å². The number of anilines is 3. The number of para-hydroxylation sites is 2. The van der Waals surface area contributed by atoms with Crippen LogP contribution in [0.4, 0.5) is 17.1 Å². The Kier molecular flexibility index (Phi) is 7.40. The number of nitrogens with one attached hydrogen (secondary N) is 2. The number of sulfonamides is 1. The van der Waals surface area contributed by atoms with Crippen molar-refractivity contribution in [1.82, 2.24) is 0 Å². The van der Waals surface area contributed by atoms with Gasteiger partial charge in [-0.2, -0.15) is 0 Å². The zero-order valence-electron chi connectivity index (χ0n) is 18.6. The zero-order chi connectivity index (χ0) is 23.3. The summed E-state index contributed by atoms with van der Waals surface area (Å²) in [5.41, 5.74) is 2.19. The zero-order valence-corrected chi connectivity index (χ0v) is 19.4. The van der Waals surface area contributed by atoms with Crippen LogP contribution in [0, 0.1) is 12.8 Å². The van der Waals surface area contributed by atoms with Gasteiger partial charge in [-0.1, -0.05) is 25.1 Å². The highest BCUT2D eigenvalue weighted by atomic mass is 32.2. The van der Waals surface area contributed by atoms with Crippen molar-refractivity contribution in [2.45, 2.75) is 33.6 Å². The molecule has 1 aliphatic rings. The van der Waals surface area contributed by atoms with E-state index in [9.17, 15) is 18.0 Å². The molecule has 0 saturated carbocycles. The van der Waals surface area contributed by atoms with Gasteiger partial charge >= 0.3 is 0 Å². The van der Waals surface area contributed by atoms with Crippen LogP contribution in [0.25, 0.3) is 0 Å². The second kappa shape index (κ2) is 10.0. The van der Waals surface area contributed by atoms with Crippen molar-refractivity contribution in [3.63, 3.8) is 0 Å². The molecule has 0 aliphatic carbocycles. The molecule has 32 heavy (non-hydrogen) atoms. The maximum atomic E-state index is 12.9. The standard InChI is InChI=1S/C23H29N3O5S/c1-4-13-32(29,30)25-19-10-8-9-18(16(19)3)24-23(28)17-14-22(27)26(15-17)20-11-6-7-12-21(20)31-5-2/h6-12,17,25H,4-5,13-15H2,1-3H3,(H,24,28). The SMILES string of the molecule is CCCS(=O)(=O)Nc1cccc(NC(=O)C2CC(=O)N(c3ccccc3OCC)C2)c1C. The highest BCUT2D eigenvalue weighted by Gasteiger charge is 2.36. The Balaban J connectivity index is 1.74. The Morgan fingerprint density at radius 3 is 2.56 bits per heavy atom. The highest BCUT2D eigenvalue weighted by molar-refractivity contribution is 7.92. The van der Waals surface area contributed by atoms with Gasteiger partial charge in [0, 0.05) is 18.7 Å². The van der Waals surface area contributed by atoms with Crippen molar-refractivity contribution in [1.29, 1.82) is 0 Å². The van der Waals surface area contributed by atoms with Gasteiger partial charge < -0.3 is 15.0 Å². The van der Waals surface area contributed by atoms with E-state index in [0.717, 1.165) is 0 Å². The van der Waals surface area contributed by atoms with Crippen molar-refractivity contribution in [3.05, 3.63) is 48.0 Å². The van der Waals surface area contributed by atoms with E-state index in [2.05, 4.69) is 10.0 Å². The van der Waals surface area contributed by atoms with Gasteiger partial charge in [-0.3, -0.25) is 14.3 Å². The summed E-state index contributed by atoms with van der Waals surface area (Å²) in [6.45, 7) is 6.13. The molecule has 9 heteroatoms. The lowest BCUT2D eigenvalue weighted by atomic mass is 10.1. The van der Waals surface area contributed by atoms with Crippen molar-refractivity contribution in [2.75, 3.05) is 33.8 Å². The average molecular weight is 460 g/mol. The van der Waals surface area contributed by atoms with Crippen molar-refractivity contribution >= 4 is 38.9 Å². The molecule has 2 amide bonds. The quantitative estimate of drug-likeness (QED) is 0.597. The van der Waals surface area contributed by atoms with E-state index in [1.807, 2.05) is 19.1 Å². The minimum absolute atomic E-state index is 0.0201. The minimum atomic E-state index is -3.45. The molecule has 0 spiro atoms. The molecule has 0 radical (unpaired) electrons. The van der Waals surface area contributed by atoms with E-state index in [1.54, 1.807) is 49.1 Å². The number of rotatable bonds is 9. The maximum Gasteiger partial charge on any atom is 0.232 e. The number of benzene rings is 2. The Morgan fingerprint density at radius 2 is 1.84 bits per heavy atom. The lowest BCUT2D eigenvalue weighted by Crippen LogP contribution is -2.28. The van der Waals surface area contributed by atoms with Gasteiger partial charge in [0.05, 0.1) is 29.7 Å². The number of hydrogen-bond donors (Lipinski definition) is 2. The summed E-state index contributed by atoms with van der Waals surface area (Å²) in [4.78, 5) is 27.2. The third-order valence-corrected chi connectivity index (χ3v) is 6.76. The largest absolute Gasteiger partial charge is 0.492 e. The first-order valence-corrected chi connectivity index (χ1v) is 12.3. The number of ether oxygens (including phenoxy) is 1. The molecule has 1 fully saturated rings. The fourth-order valence-electron chi connectivity index (χ4n) is 3.68. The van der Waals surface area contributed by atoms with Crippen molar-refractivity contribution in [2.24, 2.45) is 5.92 Å². The molecule has 2 N–H and O–H groups in total. The van der Waals surface area contributed by atoms with Gasteiger partial charge in [0.1, 0.15) is 5.75 Å². The Bertz CT molecular complexity index is 1100. The third-order valence-electron chi connectivity index (χ3n) is 5.28. The first-order chi connectivity index (χ1) is 15.3. The summed E-state index contributed by atoms with van der Waals surface area (Å²) in [6, 6.07) is 12.3. The summed E-state index contributed by atoms with van der Waals surface area (Å²) in [6.07, 6.45) is 0.595. The molecule has 8 nitrogen and oxygen atoms in total. The molecule has 1 unspecified atom stereocenters. The molecule has 3 rings (SSSR count). The summed E-state index contributed by atoms with van der Waals surface area (Å²) in [7, 11) is -3.45. The smallest absolute Gasteiger partial charge is 0.232 e. The predicted molar refractivity (Wildman–Crippen MR) is 126 cm³/mol. The first-order valence-electron chi connectivity index (χ1n) is 10.7. The van der Waals surface area contributed by atoms with Crippen molar-refractivity contribution in [3.8, 4) is 5.75 Å². The highest BCUT2D eigenvalue weighted by Crippen LogP contribution is 2.34. The minimum Gasteiger partial charge on any atom is -0.492 e. The molecule has 2 aromatic rings. The Labute approximate surface area is 189 Å². The number of hydrogen-bond acceptors (Lipinski definition) is 5. The summed E-state index contributed by atoms with van der Waals surface area (Å²) in [5.74, 6) is -0.336. The van der Waals surface area contributed by atoms with Crippen LogP contribution >= 0.6 is 0 Å². The molecule has 1 atom stereocenters. The lowest BCUT2D eigenvalue weighted by Gasteiger charge is -2.20. The van der Waals surface area contributed by atoms with Crippen LogP contribution in [-0.2, 0) is 19.6 Å². The lowest BCUT2D eigenvalue weighted by molar-refractivity contribution is -0.122. The maximum absolute atomic E-state index is 12.9. The number of nitrogens with zero attached hydrogens (tertiary/aromatic N) is 1. The van der Waals surface area contributed by atoms with Gasteiger partial charge in [0.25, 0.3) is 0 Å². The van der Waals surface area contributed by atoms with Crippen LogP contribution in [0.5, 0.6) is 5.75 Å². The van der Waals surface area contributed by atoms with E-state index in [-0.39, 0.29) is 30.5 Å². The van der Waals surface area contributed by atoms with Crippen LogP contribution in [0.1, 0.15) is 32.3 Å². The molecule has 172 valence electrons. The fourth-order valence-corrected chi connectivity index (χ4v) is 4.87. The molecular weight excluding hydrogens is 430 g/mol. The van der Waals surface area contributed by atoms with E-state index in [1.165, 1.54) is 0 Å². The number of carbonyl (C=O) groups excluding carboxylic acids is 2. The predicted octanol–water partition coefficient (Wildman–Crippen LogP) is 3.54. The summed E-state index contributed by atoms with van der Waals surface area (Å²) >= 11 is 0. The van der Waals surface area contributed by atoms with Gasteiger partial charge in [-0.25, -0.2) is 8.42 Å².